The fraction of sp³-hybridized carbons (Fsp3) is 0.833. The third-order valence-electron chi connectivity index (χ3n) is 4.59. The van der Waals surface area contributed by atoms with Gasteiger partial charge in [-0.05, 0) is 23.7 Å². The zero-order chi connectivity index (χ0) is 9.81. The van der Waals surface area contributed by atoms with Crippen LogP contribution in [-0.2, 0) is 9.47 Å². The number of allylic oxidation sites excluding steroid dienone is 1. The van der Waals surface area contributed by atoms with Gasteiger partial charge < -0.3 is 9.47 Å². The van der Waals surface area contributed by atoms with Crippen molar-refractivity contribution in [1.82, 2.24) is 0 Å². The summed E-state index contributed by atoms with van der Waals surface area (Å²) in [5.74, 6) is 1.48. The van der Waals surface area contributed by atoms with Gasteiger partial charge in [0.1, 0.15) is 6.79 Å². The number of hydrogen-bond acceptors (Lipinski definition) is 2. The smallest absolute Gasteiger partial charge is 0.147 e. The van der Waals surface area contributed by atoms with Crippen molar-refractivity contribution >= 4 is 0 Å². The Kier molecular flexibility index (Phi) is 1.67. The van der Waals surface area contributed by atoms with Gasteiger partial charge in [0.05, 0.1) is 12.2 Å². The minimum absolute atomic E-state index is 0.0104. The summed E-state index contributed by atoms with van der Waals surface area (Å²) in [6.07, 6.45) is 7.01. The third kappa shape index (κ3) is 0.934. The first-order valence-electron chi connectivity index (χ1n) is 5.56. The molecule has 3 aliphatic carbocycles. The topological polar surface area (TPSA) is 18.5 Å². The Bertz CT molecular complexity index is 274. The van der Waals surface area contributed by atoms with Crippen LogP contribution in [0.5, 0.6) is 0 Å². The Hall–Kier alpha value is -0.340. The molecule has 0 aromatic carbocycles. The molecule has 4 rings (SSSR count). The van der Waals surface area contributed by atoms with E-state index in [4.69, 9.17) is 9.47 Å². The van der Waals surface area contributed by atoms with Gasteiger partial charge in [-0.25, -0.2) is 0 Å². The molecule has 0 aromatic rings. The molecule has 0 N–H and O–H groups in total. The van der Waals surface area contributed by atoms with Crippen LogP contribution in [0, 0.1) is 17.3 Å². The van der Waals surface area contributed by atoms with Crippen LogP contribution in [0.2, 0.25) is 0 Å². The van der Waals surface area contributed by atoms with Crippen LogP contribution in [0.25, 0.3) is 0 Å². The lowest BCUT2D eigenvalue weighted by atomic mass is 9.46. The first-order valence-corrected chi connectivity index (χ1v) is 5.56. The van der Waals surface area contributed by atoms with Crippen LogP contribution in [0.15, 0.2) is 12.2 Å². The average molecular weight is 194 g/mol. The molecule has 2 bridgehead atoms. The average Bonchev–Trinajstić information content (AvgIpc) is 2.18. The molecule has 4 aliphatic rings. The molecule has 0 amide bonds. The summed E-state index contributed by atoms with van der Waals surface area (Å²) in [5.41, 5.74) is 0.447. The second-order valence-electron chi connectivity index (χ2n) is 5.45. The molecule has 3 unspecified atom stereocenters. The van der Waals surface area contributed by atoms with E-state index in [1.54, 1.807) is 0 Å². The molecule has 78 valence electrons. The van der Waals surface area contributed by atoms with Crippen molar-refractivity contribution in [3.05, 3.63) is 12.2 Å². The van der Waals surface area contributed by atoms with Crippen LogP contribution in [0.4, 0.5) is 0 Å². The highest BCUT2D eigenvalue weighted by atomic mass is 16.7. The predicted octanol–water partition coefficient (Wildman–Crippen LogP) is 2.35. The highest BCUT2D eigenvalue weighted by Gasteiger charge is 2.59. The van der Waals surface area contributed by atoms with Crippen molar-refractivity contribution in [2.24, 2.45) is 17.3 Å². The van der Waals surface area contributed by atoms with Gasteiger partial charge >= 0.3 is 0 Å². The lowest BCUT2D eigenvalue weighted by Gasteiger charge is -2.62. The van der Waals surface area contributed by atoms with E-state index in [-0.39, 0.29) is 5.60 Å². The summed E-state index contributed by atoms with van der Waals surface area (Å²) in [6, 6.07) is 0. The van der Waals surface area contributed by atoms with Crippen molar-refractivity contribution < 1.29 is 9.47 Å². The SMILES string of the molecule is CC1(C)C2C=CC3(CCOCO3)C1C2. The van der Waals surface area contributed by atoms with Gasteiger partial charge in [0.25, 0.3) is 0 Å². The van der Waals surface area contributed by atoms with E-state index in [1.165, 1.54) is 6.42 Å². The molecular formula is C12H18O2. The fourth-order valence-corrected chi connectivity index (χ4v) is 3.43. The Morgan fingerprint density at radius 1 is 1.36 bits per heavy atom. The third-order valence-corrected chi connectivity index (χ3v) is 4.59. The first kappa shape index (κ1) is 8.93. The predicted molar refractivity (Wildman–Crippen MR) is 53.8 cm³/mol. The van der Waals surface area contributed by atoms with Crippen molar-refractivity contribution in [3.8, 4) is 0 Å². The maximum atomic E-state index is 5.88. The minimum atomic E-state index is 0.0104. The van der Waals surface area contributed by atoms with Crippen molar-refractivity contribution in [2.45, 2.75) is 32.3 Å². The summed E-state index contributed by atoms with van der Waals surface area (Å²) in [5, 5.41) is 0. The monoisotopic (exact) mass is 194 g/mol. The van der Waals surface area contributed by atoms with Crippen molar-refractivity contribution in [1.29, 1.82) is 0 Å². The Balaban J connectivity index is 1.93. The molecule has 2 fully saturated rings. The van der Waals surface area contributed by atoms with Gasteiger partial charge in [-0.2, -0.15) is 0 Å². The van der Waals surface area contributed by atoms with Gasteiger partial charge in [-0.1, -0.05) is 26.0 Å². The number of ether oxygens (including phenoxy) is 2. The summed E-state index contributed by atoms with van der Waals surface area (Å²) >= 11 is 0. The lowest BCUT2D eigenvalue weighted by molar-refractivity contribution is -0.240. The molecule has 3 atom stereocenters. The summed E-state index contributed by atoms with van der Waals surface area (Å²) in [7, 11) is 0. The van der Waals surface area contributed by atoms with E-state index < -0.39 is 0 Å². The maximum Gasteiger partial charge on any atom is 0.147 e. The number of rotatable bonds is 0. The molecule has 0 aromatic heterocycles. The molecule has 2 nitrogen and oxygen atoms in total. The quantitative estimate of drug-likeness (QED) is 0.551. The van der Waals surface area contributed by atoms with E-state index in [1.807, 2.05) is 0 Å². The Labute approximate surface area is 85.3 Å². The molecule has 1 saturated heterocycles. The zero-order valence-corrected chi connectivity index (χ0v) is 8.95. The summed E-state index contributed by atoms with van der Waals surface area (Å²) in [4.78, 5) is 0. The summed E-state index contributed by atoms with van der Waals surface area (Å²) in [6.45, 7) is 6.06. The molecule has 1 spiro atoms. The maximum absolute atomic E-state index is 5.88. The van der Waals surface area contributed by atoms with Gasteiger partial charge in [-0.15, -0.1) is 0 Å². The standard InChI is InChI=1S/C12H18O2/c1-11(2)9-3-4-12(10(11)7-9)5-6-13-8-14-12/h3-4,9-10H,5-8H2,1-2H3. The van der Waals surface area contributed by atoms with Crippen LogP contribution in [0.1, 0.15) is 26.7 Å². The van der Waals surface area contributed by atoms with Crippen LogP contribution < -0.4 is 0 Å². The highest BCUT2D eigenvalue weighted by molar-refractivity contribution is 5.24. The number of hydrogen-bond donors (Lipinski definition) is 0. The van der Waals surface area contributed by atoms with E-state index in [0.717, 1.165) is 18.9 Å². The van der Waals surface area contributed by atoms with E-state index in [9.17, 15) is 0 Å². The molecule has 2 heteroatoms. The van der Waals surface area contributed by atoms with Crippen molar-refractivity contribution in [3.63, 3.8) is 0 Å². The Morgan fingerprint density at radius 3 is 2.79 bits per heavy atom. The van der Waals surface area contributed by atoms with Gasteiger partial charge in [0, 0.05) is 6.42 Å². The van der Waals surface area contributed by atoms with E-state index >= 15 is 0 Å². The minimum Gasteiger partial charge on any atom is -0.355 e. The van der Waals surface area contributed by atoms with Gasteiger partial charge in [0.15, 0.2) is 0 Å². The lowest BCUT2D eigenvalue weighted by Crippen LogP contribution is -2.61. The molecule has 14 heavy (non-hydrogen) atoms. The van der Waals surface area contributed by atoms with Gasteiger partial charge in [-0.3, -0.25) is 0 Å². The zero-order valence-electron chi connectivity index (χ0n) is 8.95. The molecule has 0 radical (unpaired) electrons. The fourth-order valence-electron chi connectivity index (χ4n) is 3.43. The molecular weight excluding hydrogens is 176 g/mol. The second-order valence-corrected chi connectivity index (χ2v) is 5.45. The van der Waals surface area contributed by atoms with Crippen molar-refractivity contribution in [2.75, 3.05) is 13.4 Å². The van der Waals surface area contributed by atoms with Gasteiger partial charge in [0.2, 0.25) is 0 Å². The molecule has 1 heterocycles. The van der Waals surface area contributed by atoms with Crippen LogP contribution in [-0.4, -0.2) is 19.0 Å². The van der Waals surface area contributed by atoms with E-state index in [0.29, 0.717) is 18.1 Å². The van der Waals surface area contributed by atoms with Crippen LogP contribution >= 0.6 is 0 Å². The second kappa shape index (κ2) is 2.61. The largest absolute Gasteiger partial charge is 0.355 e. The molecule has 1 aliphatic heterocycles. The normalized spacial score (nSPS) is 49.0. The van der Waals surface area contributed by atoms with Crippen LogP contribution in [0.3, 0.4) is 0 Å². The first-order chi connectivity index (χ1) is 6.65. The highest BCUT2D eigenvalue weighted by Crippen LogP contribution is 2.62. The van der Waals surface area contributed by atoms with E-state index in [2.05, 4.69) is 26.0 Å². The molecule has 1 saturated carbocycles. The Morgan fingerprint density at radius 2 is 2.21 bits per heavy atom. The summed E-state index contributed by atoms with van der Waals surface area (Å²) < 4.78 is 11.2.